The van der Waals surface area contributed by atoms with Gasteiger partial charge in [0.15, 0.2) is 0 Å². The van der Waals surface area contributed by atoms with E-state index in [4.69, 9.17) is 0 Å². The lowest BCUT2D eigenvalue weighted by Crippen LogP contribution is -2.72. The zero-order valence-electron chi connectivity index (χ0n) is 17.0. The molecule has 4 rings (SSSR count). The van der Waals surface area contributed by atoms with E-state index in [0.717, 1.165) is 5.95 Å². The molecule has 136 valence electrons. The van der Waals surface area contributed by atoms with Gasteiger partial charge in [0.2, 0.25) is 5.95 Å². The molecule has 0 aliphatic carbocycles. The number of para-hydroxylation sites is 1. The molecule has 1 fully saturated rings. The average Bonchev–Trinajstić information content (AvgIpc) is 3.10. The second-order valence-corrected chi connectivity index (χ2v) is 9.52. The van der Waals surface area contributed by atoms with Crippen LogP contribution in [0.3, 0.4) is 0 Å². The third-order valence-corrected chi connectivity index (χ3v) is 6.44. The highest BCUT2D eigenvalue weighted by Gasteiger charge is 2.60. The number of benzene rings is 1. The third-order valence-electron chi connectivity index (χ3n) is 6.44. The summed E-state index contributed by atoms with van der Waals surface area (Å²) in [6.45, 7) is 17.2. The molecule has 1 aromatic carbocycles. The van der Waals surface area contributed by atoms with Gasteiger partial charge >= 0.3 is 0 Å². The fourth-order valence-corrected chi connectivity index (χ4v) is 5.65. The first kappa shape index (κ1) is 17.5. The molecular weight excluding hydrogens is 320 g/mol. The predicted octanol–water partition coefficient (Wildman–Crippen LogP) is 3.88. The molecule has 5 nitrogen and oxygen atoms in total. The van der Waals surface area contributed by atoms with Crippen molar-refractivity contribution in [2.75, 3.05) is 9.62 Å². The highest BCUT2D eigenvalue weighted by Crippen LogP contribution is 2.50. The van der Waals surface area contributed by atoms with Gasteiger partial charge in [-0.3, -0.25) is 0 Å². The maximum absolute atomic E-state index is 4.65. The van der Waals surface area contributed by atoms with Crippen molar-refractivity contribution in [1.82, 2.24) is 14.8 Å². The van der Waals surface area contributed by atoms with Crippen LogP contribution in [-0.4, -0.2) is 34.6 Å². The number of anilines is 2. The third kappa shape index (κ3) is 2.25. The van der Waals surface area contributed by atoms with E-state index in [1.165, 1.54) is 5.69 Å². The van der Waals surface area contributed by atoms with Gasteiger partial charge in [-0.1, -0.05) is 52.6 Å². The first-order valence-corrected chi connectivity index (χ1v) is 9.68. The summed E-state index contributed by atoms with van der Waals surface area (Å²) in [5, 5.41) is 4.59. The molecule has 2 aromatic rings. The van der Waals surface area contributed by atoms with Gasteiger partial charge in [0, 0.05) is 5.69 Å². The minimum Gasteiger partial charge on any atom is -0.396 e. The molecule has 3 heterocycles. The van der Waals surface area contributed by atoms with Gasteiger partial charge < -0.3 is 9.62 Å². The highest BCUT2D eigenvalue weighted by atomic mass is 15.6. The zero-order chi connectivity index (χ0) is 18.9. The normalized spacial score (nSPS) is 24.7. The first-order valence-electron chi connectivity index (χ1n) is 9.68. The molecule has 1 saturated heterocycles. The standard InChI is InChI=1S/C19H29B2N5/c1-18(2,3)15-20(6)24(14-11-9-8-10-12-14)16-19(4,5)26-17(22-13-23-26)25(16)21(15)7/h8-13,15-16H,1-7H3. The molecule has 0 N–H and O–H groups in total. The van der Waals surface area contributed by atoms with Gasteiger partial charge in [0.25, 0.3) is 13.7 Å². The van der Waals surface area contributed by atoms with Crippen molar-refractivity contribution < 1.29 is 0 Å². The topological polar surface area (TPSA) is 37.2 Å². The van der Waals surface area contributed by atoms with Gasteiger partial charge in [-0.25, -0.2) is 9.67 Å². The Morgan fingerprint density at radius 3 is 2.23 bits per heavy atom. The van der Waals surface area contributed by atoms with Crippen molar-refractivity contribution in [2.45, 2.75) is 65.7 Å². The van der Waals surface area contributed by atoms with E-state index in [1.807, 2.05) is 0 Å². The molecule has 26 heavy (non-hydrogen) atoms. The largest absolute Gasteiger partial charge is 0.396 e. The summed E-state index contributed by atoms with van der Waals surface area (Å²) < 4.78 is 2.11. The van der Waals surface area contributed by atoms with Crippen LogP contribution in [0.4, 0.5) is 11.6 Å². The Hall–Kier alpha value is -1.91. The number of rotatable bonds is 1. The molecule has 7 heteroatoms. The Balaban J connectivity index is 1.92. The van der Waals surface area contributed by atoms with Gasteiger partial charge in [-0.2, -0.15) is 5.10 Å². The summed E-state index contributed by atoms with van der Waals surface area (Å²) in [6, 6.07) is 10.8. The summed E-state index contributed by atoms with van der Waals surface area (Å²) in [6.07, 6.45) is 1.89. The number of aromatic nitrogens is 3. The highest BCUT2D eigenvalue weighted by molar-refractivity contribution is 6.84. The number of fused-ring (bicyclic) bond motifs is 3. The molecule has 0 saturated carbocycles. The lowest BCUT2D eigenvalue weighted by Gasteiger charge is -2.56. The maximum Gasteiger partial charge on any atom is 0.256 e. The van der Waals surface area contributed by atoms with Gasteiger partial charge in [0.05, 0.1) is 5.54 Å². The molecular formula is C19H29B2N5. The van der Waals surface area contributed by atoms with Crippen LogP contribution >= 0.6 is 0 Å². The second-order valence-electron chi connectivity index (χ2n) is 9.52. The SMILES string of the molecule is CB1C(C(C)(C)C)B(C)N2c3ncnn3C(C)(C)C2N1c1ccccc1. The molecule has 2 aliphatic rings. The number of hydrogen-bond acceptors (Lipinski definition) is 4. The van der Waals surface area contributed by atoms with Crippen molar-refractivity contribution in [3.05, 3.63) is 36.7 Å². The van der Waals surface area contributed by atoms with Crippen molar-refractivity contribution >= 4 is 25.3 Å². The Kier molecular flexibility index (Phi) is 3.73. The van der Waals surface area contributed by atoms with Crippen LogP contribution in [0.1, 0.15) is 34.6 Å². The smallest absolute Gasteiger partial charge is 0.256 e. The van der Waals surface area contributed by atoms with E-state index < -0.39 is 0 Å². The van der Waals surface area contributed by atoms with E-state index >= 15 is 0 Å². The van der Waals surface area contributed by atoms with E-state index in [9.17, 15) is 0 Å². The minimum absolute atomic E-state index is 0.160. The molecule has 2 aliphatic heterocycles. The monoisotopic (exact) mass is 349 g/mol. The number of hydrogen-bond donors (Lipinski definition) is 0. The van der Waals surface area contributed by atoms with E-state index in [-0.39, 0.29) is 17.1 Å². The lowest BCUT2D eigenvalue weighted by molar-refractivity contribution is 0.300. The Bertz CT molecular complexity index is 798. The maximum atomic E-state index is 4.65. The first-order chi connectivity index (χ1) is 12.2. The van der Waals surface area contributed by atoms with Crippen LogP contribution in [0.2, 0.25) is 19.4 Å². The van der Waals surface area contributed by atoms with Crippen LogP contribution in [0.15, 0.2) is 36.7 Å². The van der Waals surface area contributed by atoms with Gasteiger partial charge in [-0.05, 0) is 37.1 Å². The van der Waals surface area contributed by atoms with E-state index in [0.29, 0.717) is 19.4 Å². The minimum atomic E-state index is -0.160. The summed E-state index contributed by atoms with van der Waals surface area (Å²) in [5.74, 6) is 0.995. The van der Waals surface area contributed by atoms with Crippen LogP contribution < -0.4 is 9.62 Å². The molecule has 0 radical (unpaired) electrons. The quantitative estimate of drug-likeness (QED) is 0.733. The van der Waals surface area contributed by atoms with Crippen LogP contribution in [0.25, 0.3) is 0 Å². The zero-order valence-corrected chi connectivity index (χ0v) is 17.0. The summed E-state index contributed by atoms with van der Waals surface area (Å²) in [5.41, 5.74) is 1.80. The Labute approximate surface area is 158 Å². The average molecular weight is 349 g/mol. The Morgan fingerprint density at radius 1 is 1.00 bits per heavy atom. The summed E-state index contributed by atoms with van der Waals surface area (Å²) in [4.78, 5) is 9.76. The fourth-order valence-electron chi connectivity index (χ4n) is 5.65. The van der Waals surface area contributed by atoms with Crippen LogP contribution in [0, 0.1) is 5.41 Å². The summed E-state index contributed by atoms with van der Waals surface area (Å²) in [7, 11) is 0. The molecule has 2 atom stereocenters. The molecule has 0 spiro atoms. The van der Waals surface area contributed by atoms with Gasteiger partial charge in [-0.15, -0.1) is 0 Å². The number of nitrogens with zero attached hydrogens (tertiary/aromatic N) is 5. The van der Waals surface area contributed by atoms with Crippen molar-refractivity contribution in [2.24, 2.45) is 5.41 Å². The molecule has 0 amide bonds. The Morgan fingerprint density at radius 2 is 1.62 bits per heavy atom. The van der Waals surface area contributed by atoms with Crippen LogP contribution in [-0.2, 0) is 5.54 Å². The predicted molar refractivity (Wildman–Crippen MR) is 111 cm³/mol. The second kappa shape index (κ2) is 5.54. The lowest BCUT2D eigenvalue weighted by atomic mass is 9.24. The van der Waals surface area contributed by atoms with Crippen molar-refractivity contribution in [3.63, 3.8) is 0 Å². The summed E-state index contributed by atoms with van der Waals surface area (Å²) >= 11 is 0. The van der Waals surface area contributed by atoms with Crippen molar-refractivity contribution in [3.8, 4) is 0 Å². The van der Waals surface area contributed by atoms with Crippen LogP contribution in [0.5, 0.6) is 0 Å². The van der Waals surface area contributed by atoms with Gasteiger partial charge in [0.1, 0.15) is 12.5 Å². The molecule has 0 bridgehead atoms. The van der Waals surface area contributed by atoms with E-state index in [2.05, 4.69) is 103 Å². The molecule has 1 aromatic heterocycles. The van der Waals surface area contributed by atoms with E-state index in [1.54, 1.807) is 6.33 Å². The fraction of sp³-hybridized carbons (Fsp3) is 0.579. The molecule has 2 unspecified atom stereocenters. The van der Waals surface area contributed by atoms with Crippen molar-refractivity contribution in [1.29, 1.82) is 0 Å².